The zero-order chi connectivity index (χ0) is 17.7. The molecule has 1 saturated heterocycles. The Morgan fingerprint density at radius 1 is 1.21 bits per heavy atom. The van der Waals surface area contributed by atoms with Gasteiger partial charge in [-0.25, -0.2) is 12.7 Å². The molecule has 1 aromatic carbocycles. The lowest BCUT2D eigenvalue weighted by Crippen LogP contribution is -2.40. The first kappa shape index (κ1) is 18.9. The molecule has 1 aromatic rings. The van der Waals surface area contributed by atoms with Crippen LogP contribution < -0.4 is 5.73 Å². The fraction of sp³-hybridized carbons (Fsp3) is 0.588. The van der Waals surface area contributed by atoms with E-state index in [1.54, 1.807) is 18.7 Å². The van der Waals surface area contributed by atoms with Crippen molar-refractivity contribution in [1.29, 1.82) is 0 Å². The van der Waals surface area contributed by atoms with Gasteiger partial charge in [-0.2, -0.15) is 0 Å². The molecular formula is C17H27N3O3S. The summed E-state index contributed by atoms with van der Waals surface area (Å²) in [6, 6.07) is 9.97. The van der Waals surface area contributed by atoms with Crippen molar-refractivity contribution in [3.05, 3.63) is 35.9 Å². The molecule has 0 aromatic heterocycles. The highest BCUT2D eigenvalue weighted by Gasteiger charge is 2.37. The fourth-order valence-corrected chi connectivity index (χ4v) is 4.81. The van der Waals surface area contributed by atoms with Gasteiger partial charge >= 0.3 is 0 Å². The summed E-state index contributed by atoms with van der Waals surface area (Å²) in [5.74, 6) is -0.476. The Labute approximate surface area is 144 Å². The minimum atomic E-state index is -3.55. The van der Waals surface area contributed by atoms with E-state index < -0.39 is 15.8 Å². The number of hydrogen-bond donors (Lipinski definition) is 1. The molecule has 6 nitrogen and oxygen atoms in total. The Hall–Kier alpha value is -1.44. The zero-order valence-electron chi connectivity index (χ0n) is 14.4. The summed E-state index contributed by atoms with van der Waals surface area (Å²) >= 11 is 0. The van der Waals surface area contributed by atoms with Crippen molar-refractivity contribution in [2.24, 2.45) is 11.7 Å². The monoisotopic (exact) mass is 353 g/mol. The average Bonchev–Trinajstić information content (AvgIpc) is 3.00. The number of carbonyl (C=O) groups excluding carboxylic acids is 1. The van der Waals surface area contributed by atoms with Gasteiger partial charge in [0.25, 0.3) is 0 Å². The number of sulfonamides is 1. The third-order valence-electron chi connectivity index (χ3n) is 4.73. The second kappa shape index (κ2) is 8.09. The summed E-state index contributed by atoms with van der Waals surface area (Å²) in [6.07, 6.45) is 0. The van der Waals surface area contributed by atoms with Crippen molar-refractivity contribution in [3.63, 3.8) is 0 Å². The van der Waals surface area contributed by atoms with Gasteiger partial charge in [0.2, 0.25) is 15.9 Å². The van der Waals surface area contributed by atoms with Crippen LogP contribution >= 0.6 is 0 Å². The number of nitrogens with zero attached hydrogens (tertiary/aromatic N) is 2. The van der Waals surface area contributed by atoms with Gasteiger partial charge < -0.3 is 10.6 Å². The lowest BCUT2D eigenvalue weighted by Gasteiger charge is -2.21. The van der Waals surface area contributed by atoms with Gasteiger partial charge in [-0.15, -0.1) is 0 Å². The molecule has 0 bridgehead atoms. The largest absolute Gasteiger partial charge is 0.341 e. The summed E-state index contributed by atoms with van der Waals surface area (Å²) < 4.78 is 26.0. The van der Waals surface area contributed by atoms with Gasteiger partial charge in [-0.3, -0.25) is 4.79 Å². The highest BCUT2D eigenvalue weighted by atomic mass is 32.2. The maximum absolute atomic E-state index is 12.5. The highest BCUT2D eigenvalue weighted by Crippen LogP contribution is 2.32. The first-order valence-electron chi connectivity index (χ1n) is 8.43. The molecule has 2 N–H and O–H groups in total. The van der Waals surface area contributed by atoms with Crippen LogP contribution in [0.2, 0.25) is 0 Å². The van der Waals surface area contributed by atoms with Crippen LogP contribution in [-0.4, -0.2) is 62.0 Å². The molecule has 0 spiro atoms. The van der Waals surface area contributed by atoms with Crippen LogP contribution in [0.4, 0.5) is 0 Å². The lowest BCUT2D eigenvalue weighted by atomic mass is 9.89. The van der Waals surface area contributed by atoms with E-state index in [2.05, 4.69) is 0 Å². The van der Waals surface area contributed by atoms with E-state index in [1.165, 1.54) is 4.31 Å². The molecular weight excluding hydrogens is 326 g/mol. The first-order chi connectivity index (χ1) is 11.4. The number of benzene rings is 1. The average molecular weight is 353 g/mol. The third kappa shape index (κ3) is 4.15. The Morgan fingerprint density at radius 3 is 2.38 bits per heavy atom. The van der Waals surface area contributed by atoms with E-state index in [-0.39, 0.29) is 17.7 Å². The van der Waals surface area contributed by atoms with Crippen LogP contribution in [0.15, 0.2) is 30.3 Å². The second-order valence-electron chi connectivity index (χ2n) is 6.15. The summed E-state index contributed by atoms with van der Waals surface area (Å²) in [7, 11) is -3.55. The van der Waals surface area contributed by atoms with Crippen molar-refractivity contribution < 1.29 is 13.2 Å². The second-order valence-corrected chi connectivity index (χ2v) is 8.12. The lowest BCUT2D eigenvalue weighted by molar-refractivity contribution is -0.127. The van der Waals surface area contributed by atoms with Crippen LogP contribution in [0.5, 0.6) is 0 Å². The summed E-state index contributed by atoms with van der Waals surface area (Å²) in [5, 5.41) is 0. The molecule has 1 aliphatic rings. The molecule has 1 fully saturated rings. The van der Waals surface area contributed by atoms with Gasteiger partial charge in [-0.05, 0) is 18.0 Å². The third-order valence-corrected chi connectivity index (χ3v) is 6.64. The summed E-state index contributed by atoms with van der Waals surface area (Å²) in [6.45, 7) is 5.83. The minimum Gasteiger partial charge on any atom is -0.341 e. The normalized spacial score (nSPS) is 21.4. The van der Waals surface area contributed by atoms with E-state index in [0.717, 1.165) is 5.56 Å². The predicted octanol–water partition coefficient (Wildman–Crippen LogP) is 0.859. The fourth-order valence-electron chi connectivity index (χ4n) is 3.35. The van der Waals surface area contributed by atoms with Crippen LogP contribution in [0.1, 0.15) is 25.3 Å². The standard InChI is InChI=1S/C17H27N3O3S/c1-3-20(4-2)24(22,23)13-17(21)19-11-15(10-18)16(12-19)14-8-6-5-7-9-14/h5-9,15-16H,3-4,10-13,18H2,1-2H3/t15-,16+/m1/s1. The van der Waals surface area contributed by atoms with Gasteiger partial charge in [0.1, 0.15) is 5.75 Å². The van der Waals surface area contributed by atoms with Gasteiger partial charge in [-0.1, -0.05) is 44.2 Å². The number of hydrogen-bond acceptors (Lipinski definition) is 4. The van der Waals surface area contributed by atoms with Crippen molar-refractivity contribution >= 4 is 15.9 Å². The number of rotatable bonds is 7. The van der Waals surface area contributed by atoms with Gasteiger partial charge in [0.05, 0.1) is 0 Å². The molecule has 7 heteroatoms. The Bertz CT molecular complexity index is 644. The Kier molecular flexibility index (Phi) is 6.37. The zero-order valence-corrected chi connectivity index (χ0v) is 15.2. The van der Waals surface area contributed by atoms with Crippen LogP contribution in [0, 0.1) is 5.92 Å². The molecule has 0 aliphatic carbocycles. The Balaban J connectivity index is 2.09. The number of carbonyl (C=O) groups is 1. The van der Waals surface area contributed by atoms with E-state index in [1.807, 2.05) is 30.3 Å². The molecule has 24 heavy (non-hydrogen) atoms. The van der Waals surface area contributed by atoms with Crippen molar-refractivity contribution in [2.75, 3.05) is 38.5 Å². The van der Waals surface area contributed by atoms with Crippen molar-refractivity contribution in [3.8, 4) is 0 Å². The molecule has 1 aliphatic heterocycles. The van der Waals surface area contributed by atoms with Gasteiger partial charge in [0.15, 0.2) is 0 Å². The quantitative estimate of drug-likeness (QED) is 0.788. The predicted molar refractivity (Wildman–Crippen MR) is 95.0 cm³/mol. The van der Waals surface area contributed by atoms with E-state index in [9.17, 15) is 13.2 Å². The number of nitrogens with two attached hydrogens (primary N) is 1. The van der Waals surface area contributed by atoms with Crippen molar-refractivity contribution in [2.45, 2.75) is 19.8 Å². The number of amides is 1. The highest BCUT2D eigenvalue weighted by molar-refractivity contribution is 7.89. The maximum atomic E-state index is 12.5. The summed E-state index contributed by atoms with van der Waals surface area (Å²) in [4.78, 5) is 14.2. The molecule has 2 rings (SSSR count). The molecule has 0 radical (unpaired) electrons. The number of likely N-dealkylation sites (tertiary alicyclic amines) is 1. The SMILES string of the molecule is CCN(CC)S(=O)(=O)CC(=O)N1C[C@@H](CN)[C@H](c2ccccc2)C1. The van der Waals surface area contributed by atoms with Gasteiger partial charge in [0, 0.05) is 32.1 Å². The molecule has 134 valence electrons. The van der Waals surface area contributed by atoms with E-state index in [4.69, 9.17) is 5.73 Å². The molecule has 1 amide bonds. The Morgan fingerprint density at radius 2 is 1.83 bits per heavy atom. The molecule has 0 unspecified atom stereocenters. The molecule has 0 saturated carbocycles. The van der Waals surface area contributed by atoms with Crippen molar-refractivity contribution in [1.82, 2.24) is 9.21 Å². The maximum Gasteiger partial charge on any atom is 0.239 e. The van der Waals surface area contributed by atoms with E-state index >= 15 is 0 Å². The van der Waals surface area contributed by atoms with Crippen LogP contribution in [0.3, 0.4) is 0 Å². The van der Waals surface area contributed by atoms with Crippen LogP contribution in [-0.2, 0) is 14.8 Å². The molecule has 1 heterocycles. The first-order valence-corrected chi connectivity index (χ1v) is 10.0. The molecule has 2 atom stereocenters. The van der Waals surface area contributed by atoms with Crippen LogP contribution in [0.25, 0.3) is 0 Å². The topological polar surface area (TPSA) is 83.7 Å². The smallest absolute Gasteiger partial charge is 0.239 e. The van der Waals surface area contributed by atoms with E-state index in [0.29, 0.717) is 32.7 Å². The minimum absolute atomic E-state index is 0.160. The summed E-state index contributed by atoms with van der Waals surface area (Å²) in [5.41, 5.74) is 7.03.